The molecule has 0 aliphatic heterocycles. The lowest BCUT2D eigenvalue weighted by atomic mass is 10.0. The van der Waals surface area contributed by atoms with Crippen LogP contribution in [0.5, 0.6) is 23.5 Å². The minimum atomic E-state index is 0.151. The molecule has 34 heavy (non-hydrogen) atoms. The smallest absolute Gasteiger partial charge is 0.328 e. The molecular formula is C28H18N4O2. The van der Waals surface area contributed by atoms with E-state index >= 15 is 0 Å². The van der Waals surface area contributed by atoms with Crippen molar-refractivity contribution in [2.45, 2.75) is 0 Å². The monoisotopic (exact) mass is 442 g/mol. The predicted octanol–water partition coefficient (Wildman–Crippen LogP) is 6.82. The van der Waals surface area contributed by atoms with Gasteiger partial charge >= 0.3 is 12.0 Å². The van der Waals surface area contributed by atoms with Gasteiger partial charge in [-0.2, -0.15) is 9.97 Å². The second-order valence-electron chi connectivity index (χ2n) is 7.60. The van der Waals surface area contributed by atoms with Gasteiger partial charge in [-0.25, -0.2) is 0 Å². The highest BCUT2D eigenvalue weighted by atomic mass is 16.5. The van der Waals surface area contributed by atoms with Crippen LogP contribution in [0.3, 0.4) is 0 Å². The standard InChI is InChI=1S/C28H18N4O2/c1-3-10-20(11-4-1)33-27-30-26(31-28(32-27)34-21-12-5-2-6-13-21)24-15-7-14-23-22(24)17-16-19-9-8-18-29-25(19)23/h1-18H. The van der Waals surface area contributed by atoms with Crippen molar-refractivity contribution in [3.63, 3.8) is 0 Å². The van der Waals surface area contributed by atoms with Gasteiger partial charge in [-0.15, -0.1) is 4.98 Å². The molecule has 6 rings (SSSR count). The molecule has 0 atom stereocenters. The number of fused-ring (bicyclic) bond motifs is 3. The summed E-state index contributed by atoms with van der Waals surface area (Å²) < 4.78 is 11.9. The number of aromatic nitrogens is 4. The Kier molecular flexibility index (Phi) is 5.01. The lowest BCUT2D eigenvalue weighted by molar-refractivity contribution is 0.398. The third-order valence-corrected chi connectivity index (χ3v) is 5.37. The number of ether oxygens (including phenoxy) is 2. The van der Waals surface area contributed by atoms with Gasteiger partial charge in [0.2, 0.25) is 0 Å². The highest BCUT2D eigenvalue weighted by Crippen LogP contribution is 2.33. The first-order valence-corrected chi connectivity index (χ1v) is 10.8. The SMILES string of the molecule is c1ccc(Oc2nc(Oc3ccccc3)nc(-c3cccc4c3ccc3cccnc34)n2)cc1. The van der Waals surface area contributed by atoms with Gasteiger partial charge in [-0.3, -0.25) is 4.98 Å². The molecule has 2 aromatic heterocycles. The minimum Gasteiger partial charge on any atom is -0.424 e. The summed E-state index contributed by atoms with van der Waals surface area (Å²) in [6.07, 6.45) is 1.80. The Labute approximate surface area is 195 Å². The molecule has 0 fully saturated rings. The molecule has 0 saturated carbocycles. The summed E-state index contributed by atoms with van der Waals surface area (Å²) in [5.74, 6) is 1.70. The van der Waals surface area contributed by atoms with Crippen molar-refractivity contribution in [3.8, 4) is 34.9 Å². The summed E-state index contributed by atoms with van der Waals surface area (Å²) in [6.45, 7) is 0. The maximum Gasteiger partial charge on any atom is 0.328 e. The van der Waals surface area contributed by atoms with Crippen molar-refractivity contribution >= 4 is 21.7 Å². The first kappa shape index (κ1) is 19.8. The Morgan fingerprint density at radius 1 is 0.500 bits per heavy atom. The molecule has 0 spiro atoms. The molecule has 6 nitrogen and oxygen atoms in total. The maximum atomic E-state index is 5.95. The molecule has 0 bridgehead atoms. The second-order valence-corrected chi connectivity index (χ2v) is 7.60. The molecule has 6 heteroatoms. The lowest BCUT2D eigenvalue weighted by Gasteiger charge is -2.11. The van der Waals surface area contributed by atoms with Gasteiger partial charge < -0.3 is 9.47 Å². The molecule has 4 aromatic carbocycles. The van der Waals surface area contributed by atoms with Crippen molar-refractivity contribution < 1.29 is 9.47 Å². The summed E-state index contributed by atoms with van der Waals surface area (Å²) in [5.41, 5.74) is 1.76. The van der Waals surface area contributed by atoms with E-state index < -0.39 is 0 Å². The van der Waals surface area contributed by atoms with E-state index in [4.69, 9.17) is 9.47 Å². The molecular weight excluding hydrogens is 424 g/mol. The van der Waals surface area contributed by atoms with Crippen LogP contribution >= 0.6 is 0 Å². The summed E-state index contributed by atoms with van der Waals surface area (Å²) in [5, 5.41) is 3.08. The van der Waals surface area contributed by atoms with E-state index in [2.05, 4.69) is 44.2 Å². The largest absolute Gasteiger partial charge is 0.424 e. The predicted molar refractivity (Wildman–Crippen MR) is 131 cm³/mol. The fourth-order valence-electron chi connectivity index (χ4n) is 3.83. The molecule has 6 aromatic rings. The second kappa shape index (κ2) is 8.60. The summed E-state index contributed by atoms with van der Waals surface area (Å²) >= 11 is 0. The van der Waals surface area contributed by atoms with Gasteiger partial charge in [0.25, 0.3) is 0 Å². The highest BCUT2D eigenvalue weighted by molar-refractivity contribution is 6.09. The summed E-state index contributed by atoms with van der Waals surface area (Å²) in [4.78, 5) is 18.2. The average Bonchev–Trinajstić information content (AvgIpc) is 2.89. The van der Waals surface area contributed by atoms with E-state index in [1.165, 1.54) is 0 Å². The molecule has 2 heterocycles. The zero-order chi connectivity index (χ0) is 22.7. The van der Waals surface area contributed by atoms with Crippen LogP contribution < -0.4 is 9.47 Å². The van der Waals surface area contributed by atoms with Crippen molar-refractivity contribution in [1.29, 1.82) is 0 Å². The Morgan fingerprint density at radius 3 is 1.85 bits per heavy atom. The number of rotatable bonds is 5. The van der Waals surface area contributed by atoms with Gasteiger partial charge in [0.15, 0.2) is 5.82 Å². The fraction of sp³-hybridized carbons (Fsp3) is 0. The fourth-order valence-corrected chi connectivity index (χ4v) is 3.83. The zero-order valence-corrected chi connectivity index (χ0v) is 18.0. The Hall–Kier alpha value is -4.84. The van der Waals surface area contributed by atoms with Crippen LogP contribution in [0.15, 0.2) is 109 Å². The van der Waals surface area contributed by atoms with Gasteiger partial charge in [0.05, 0.1) is 5.52 Å². The number of hydrogen-bond acceptors (Lipinski definition) is 6. The number of pyridine rings is 1. The van der Waals surface area contributed by atoms with Gasteiger partial charge in [0.1, 0.15) is 11.5 Å². The summed E-state index contributed by atoms with van der Waals surface area (Å²) in [6, 6.07) is 33.2. The van der Waals surface area contributed by atoms with Gasteiger partial charge in [0, 0.05) is 22.5 Å². The Bertz CT molecular complexity index is 1550. The topological polar surface area (TPSA) is 70.0 Å². The van der Waals surface area contributed by atoms with E-state index in [0.717, 1.165) is 27.2 Å². The van der Waals surface area contributed by atoms with E-state index in [0.29, 0.717) is 17.3 Å². The van der Waals surface area contributed by atoms with Crippen molar-refractivity contribution in [3.05, 3.63) is 109 Å². The van der Waals surface area contributed by atoms with E-state index in [1.807, 2.05) is 78.9 Å². The third kappa shape index (κ3) is 3.89. The molecule has 0 N–H and O–H groups in total. The Balaban J connectivity index is 1.51. The van der Waals surface area contributed by atoms with Crippen LogP contribution in [0.2, 0.25) is 0 Å². The first-order chi connectivity index (χ1) is 16.8. The van der Waals surface area contributed by atoms with Crippen LogP contribution in [0, 0.1) is 0 Å². The lowest BCUT2D eigenvalue weighted by Crippen LogP contribution is -2.01. The zero-order valence-electron chi connectivity index (χ0n) is 18.0. The molecule has 0 aliphatic carbocycles. The van der Waals surface area contributed by atoms with E-state index in [-0.39, 0.29) is 12.0 Å². The maximum absolute atomic E-state index is 5.95. The molecule has 0 aliphatic rings. The molecule has 162 valence electrons. The van der Waals surface area contributed by atoms with E-state index in [1.54, 1.807) is 6.20 Å². The number of hydrogen-bond donors (Lipinski definition) is 0. The molecule has 0 amide bonds. The van der Waals surface area contributed by atoms with E-state index in [9.17, 15) is 0 Å². The first-order valence-electron chi connectivity index (χ1n) is 10.8. The number of benzene rings is 4. The molecule has 0 unspecified atom stereocenters. The van der Waals surface area contributed by atoms with Crippen LogP contribution in [-0.2, 0) is 0 Å². The molecule has 0 radical (unpaired) electrons. The number of nitrogens with zero attached hydrogens (tertiary/aromatic N) is 4. The van der Waals surface area contributed by atoms with Crippen LogP contribution in [0.4, 0.5) is 0 Å². The van der Waals surface area contributed by atoms with Crippen molar-refractivity contribution in [1.82, 2.24) is 19.9 Å². The van der Waals surface area contributed by atoms with Crippen LogP contribution in [0.1, 0.15) is 0 Å². The third-order valence-electron chi connectivity index (χ3n) is 5.37. The van der Waals surface area contributed by atoms with Gasteiger partial charge in [-0.1, -0.05) is 72.8 Å². The Morgan fingerprint density at radius 2 is 1.18 bits per heavy atom. The minimum absolute atomic E-state index is 0.151. The van der Waals surface area contributed by atoms with Gasteiger partial charge in [-0.05, 0) is 35.7 Å². The number of para-hydroxylation sites is 2. The summed E-state index contributed by atoms with van der Waals surface area (Å²) in [7, 11) is 0. The van der Waals surface area contributed by atoms with Crippen LogP contribution in [0.25, 0.3) is 33.1 Å². The normalized spacial score (nSPS) is 10.9. The van der Waals surface area contributed by atoms with Crippen LogP contribution in [-0.4, -0.2) is 19.9 Å². The van der Waals surface area contributed by atoms with Crippen molar-refractivity contribution in [2.24, 2.45) is 0 Å². The quantitative estimate of drug-likeness (QED) is 0.273. The average molecular weight is 442 g/mol. The highest BCUT2D eigenvalue weighted by Gasteiger charge is 2.15. The van der Waals surface area contributed by atoms with Crippen molar-refractivity contribution in [2.75, 3.05) is 0 Å². The molecule has 0 saturated heterocycles.